The average molecular weight is 270 g/mol. The van der Waals surface area contributed by atoms with Gasteiger partial charge in [0, 0.05) is 19.2 Å². The number of likely N-dealkylation sites (tertiary alicyclic amines) is 1. The van der Waals surface area contributed by atoms with Crippen molar-refractivity contribution in [1.29, 1.82) is 0 Å². The lowest BCUT2D eigenvalue weighted by molar-refractivity contribution is 0.174. The van der Waals surface area contributed by atoms with E-state index in [4.69, 9.17) is 5.11 Å². The molecule has 1 unspecified atom stereocenters. The van der Waals surface area contributed by atoms with Crippen molar-refractivity contribution in [3.8, 4) is 0 Å². The third-order valence-corrected chi connectivity index (χ3v) is 4.14. The summed E-state index contributed by atoms with van der Waals surface area (Å²) < 4.78 is 0. The van der Waals surface area contributed by atoms with Crippen molar-refractivity contribution in [3.63, 3.8) is 0 Å². The molecule has 0 saturated carbocycles. The minimum absolute atomic E-state index is 0.333. The summed E-state index contributed by atoms with van der Waals surface area (Å²) in [6.45, 7) is 12.0. The fourth-order valence-electron chi connectivity index (χ4n) is 3.11. The van der Waals surface area contributed by atoms with Crippen LogP contribution in [0.2, 0.25) is 0 Å². The maximum absolute atomic E-state index is 9.08. The van der Waals surface area contributed by atoms with Gasteiger partial charge in [-0.1, -0.05) is 27.2 Å². The molecule has 0 aromatic carbocycles. The molecule has 0 aromatic rings. The van der Waals surface area contributed by atoms with Crippen LogP contribution in [0.25, 0.3) is 0 Å². The van der Waals surface area contributed by atoms with Crippen LogP contribution in [0.5, 0.6) is 0 Å². The summed E-state index contributed by atoms with van der Waals surface area (Å²) in [6.07, 6.45) is 5.97. The Kier molecular flexibility index (Phi) is 8.67. The third-order valence-electron chi connectivity index (χ3n) is 4.14. The van der Waals surface area contributed by atoms with Gasteiger partial charge in [0.2, 0.25) is 0 Å². The van der Waals surface area contributed by atoms with Gasteiger partial charge in [0.1, 0.15) is 0 Å². The van der Waals surface area contributed by atoms with E-state index in [-0.39, 0.29) is 0 Å². The lowest BCUT2D eigenvalue weighted by atomic mass is 9.98. The maximum atomic E-state index is 9.08. The van der Waals surface area contributed by atoms with Crippen LogP contribution in [0.15, 0.2) is 0 Å². The molecule has 0 radical (unpaired) electrons. The van der Waals surface area contributed by atoms with Gasteiger partial charge >= 0.3 is 0 Å². The molecule has 1 aliphatic rings. The largest absolute Gasteiger partial charge is 0.396 e. The Bertz CT molecular complexity index is 207. The van der Waals surface area contributed by atoms with Gasteiger partial charge in [-0.2, -0.15) is 0 Å². The van der Waals surface area contributed by atoms with Gasteiger partial charge in [-0.05, 0) is 57.2 Å². The van der Waals surface area contributed by atoms with Crippen molar-refractivity contribution in [1.82, 2.24) is 10.2 Å². The monoisotopic (exact) mass is 270 g/mol. The average Bonchev–Trinajstić information content (AvgIpc) is 2.37. The van der Waals surface area contributed by atoms with Crippen molar-refractivity contribution < 1.29 is 5.11 Å². The second kappa shape index (κ2) is 9.73. The quantitative estimate of drug-likeness (QED) is 0.676. The van der Waals surface area contributed by atoms with E-state index >= 15 is 0 Å². The molecule has 1 heterocycles. The normalized spacial score (nSPS) is 20.1. The Labute approximate surface area is 119 Å². The first-order valence-corrected chi connectivity index (χ1v) is 8.22. The smallest absolute Gasteiger partial charge is 0.0434 e. The first kappa shape index (κ1) is 16.9. The Hall–Kier alpha value is -0.120. The van der Waals surface area contributed by atoms with E-state index in [1.54, 1.807) is 0 Å². The minimum Gasteiger partial charge on any atom is -0.396 e. The summed E-state index contributed by atoms with van der Waals surface area (Å²) in [6, 6.07) is 0.696. The maximum Gasteiger partial charge on any atom is 0.0434 e. The molecule has 3 nitrogen and oxygen atoms in total. The molecule has 0 aromatic heterocycles. The molecule has 1 atom stereocenters. The lowest BCUT2D eigenvalue weighted by Gasteiger charge is -2.34. The molecule has 3 heteroatoms. The van der Waals surface area contributed by atoms with Crippen molar-refractivity contribution >= 4 is 0 Å². The highest BCUT2D eigenvalue weighted by Gasteiger charge is 2.20. The predicted octanol–water partition coefficient (Wildman–Crippen LogP) is 2.50. The van der Waals surface area contributed by atoms with Crippen LogP contribution < -0.4 is 5.32 Å². The number of hydrogen-bond acceptors (Lipinski definition) is 3. The molecular formula is C16H34N2O. The Balaban J connectivity index is 2.17. The second-order valence-corrected chi connectivity index (χ2v) is 6.54. The fourth-order valence-corrected chi connectivity index (χ4v) is 3.11. The first-order chi connectivity index (χ1) is 9.15. The zero-order valence-electron chi connectivity index (χ0n) is 13.2. The van der Waals surface area contributed by atoms with Crippen LogP contribution >= 0.6 is 0 Å². The van der Waals surface area contributed by atoms with Crippen LogP contribution in [0.3, 0.4) is 0 Å². The van der Waals surface area contributed by atoms with E-state index in [0.29, 0.717) is 18.6 Å². The van der Waals surface area contributed by atoms with Crippen LogP contribution in [0.4, 0.5) is 0 Å². The highest BCUT2D eigenvalue weighted by Crippen LogP contribution is 2.14. The molecule has 1 rings (SSSR count). The summed E-state index contributed by atoms with van der Waals surface area (Å²) in [5, 5.41) is 12.8. The van der Waals surface area contributed by atoms with Crippen LogP contribution in [0, 0.1) is 11.8 Å². The van der Waals surface area contributed by atoms with E-state index in [1.807, 2.05) is 0 Å². The van der Waals surface area contributed by atoms with Crippen molar-refractivity contribution in [2.75, 3.05) is 32.8 Å². The molecule has 0 amide bonds. The topological polar surface area (TPSA) is 35.5 Å². The van der Waals surface area contributed by atoms with Gasteiger partial charge in [-0.25, -0.2) is 0 Å². The molecular weight excluding hydrogens is 236 g/mol. The van der Waals surface area contributed by atoms with E-state index < -0.39 is 0 Å². The van der Waals surface area contributed by atoms with Gasteiger partial charge in [0.05, 0.1) is 0 Å². The summed E-state index contributed by atoms with van der Waals surface area (Å²) >= 11 is 0. The summed E-state index contributed by atoms with van der Waals surface area (Å²) in [7, 11) is 0. The first-order valence-electron chi connectivity index (χ1n) is 8.22. The van der Waals surface area contributed by atoms with Gasteiger partial charge in [0.15, 0.2) is 0 Å². The molecule has 114 valence electrons. The van der Waals surface area contributed by atoms with Crippen LogP contribution in [0.1, 0.15) is 52.9 Å². The molecule has 0 spiro atoms. The molecule has 1 fully saturated rings. The fraction of sp³-hybridized carbons (Fsp3) is 1.00. The molecule has 2 N–H and O–H groups in total. The SMILES string of the molecule is CCCC(CCO)CNC1CCN(CC(C)C)CC1. The van der Waals surface area contributed by atoms with E-state index in [2.05, 4.69) is 31.0 Å². The Morgan fingerprint density at radius 2 is 1.89 bits per heavy atom. The van der Waals surface area contributed by atoms with Crippen LogP contribution in [-0.2, 0) is 0 Å². The van der Waals surface area contributed by atoms with E-state index in [1.165, 1.54) is 45.3 Å². The van der Waals surface area contributed by atoms with Crippen LogP contribution in [-0.4, -0.2) is 48.8 Å². The molecule has 0 aliphatic carbocycles. The number of piperidine rings is 1. The zero-order chi connectivity index (χ0) is 14.1. The molecule has 19 heavy (non-hydrogen) atoms. The van der Waals surface area contributed by atoms with Gasteiger partial charge in [-0.3, -0.25) is 0 Å². The minimum atomic E-state index is 0.333. The number of hydrogen-bond donors (Lipinski definition) is 2. The number of aliphatic hydroxyl groups is 1. The number of rotatable bonds is 9. The molecule has 1 aliphatic heterocycles. The highest BCUT2D eigenvalue weighted by atomic mass is 16.3. The van der Waals surface area contributed by atoms with Gasteiger partial charge < -0.3 is 15.3 Å². The number of nitrogens with zero attached hydrogens (tertiary/aromatic N) is 1. The summed E-state index contributed by atoms with van der Waals surface area (Å²) in [4.78, 5) is 2.60. The molecule has 0 bridgehead atoms. The second-order valence-electron chi connectivity index (χ2n) is 6.54. The van der Waals surface area contributed by atoms with E-state index in [9.17, 15) is 0 Å². The lowest BCUT2D eigenvalue weighted by Crippen LogP contribution is -2.44. The van der Waals surface area contributed by atoms with Crippen molar-refractivity contribution in [2.45, 2.75) is 58.9 Å². The summed E-state index contributed by atoms with van der Waals surface area (Å²) in [5.74, 6) is 1.44. The Morgan fingerprint density at radius 1 is 1.21 bits per heavy atom. The number of nitrogens with one attached hydrogen (secondary N) is 1. The van der Waals surface area contributed by atoms with Crippen molar-refractivity contribution in [3.05, 3.63) is 0 Å². The van der Waals surface area contributed by atoms with E-state index in [0.717, 1.165) is 18.9 Å². The third kappa shape index (κ3) is 7.28. The van der Waals surface area contributed by atoms with Gasteiger partial charge in [0.25, 0.3) is 0 Å². The number of aliphatic hydroxyl groups excluding tert-OH is 1. The summed E-state index contributed by atoms with van der Waals surface area (Å²) in [5.41, 5.74) is 0. The zero-order valence-corrected chi connectivity index (χ0v) is 13.2. The van der Waals surface area contributed by atoms with Crippen molar-refractivity contribution in [2.24, 2.45) is 11.8 Å². The highest BCUT2D eigenvalue weighted by molar-refractivity contribution is 4.78. The predicted molar refractivity (Wildman–Crippen MR) is 82.4 cm³/mol. The molecule has 1 saturated heterocycles. The van der Waals surface area contributed by atoms with Gasteiger partial charge in [-0.15, -0.1) is 0 Å². The standard InChI is InChI=1S/C16H34N2O/c1-4-5-15(8-11-19)12-17-16-6-9-18(10-7-16)13-14(2)3/h14-17,19H,4-13H2,1-3H3. The Morgan fingerprint density at radius 3 is 2.42 bits per heavy atom.